The molecule has 1 heterocycles. The molecule has 1 aliphatic heterocycles. The summed E-state index contributed by atoms with van der Waals surface area (Å²) in [6.07, 6.45) is 0.770. The van der Waals surface area contributed by atoms with Gasteiger partial charge in [0.1, 0.15) is 4.90 Å². The first kappa shape index (κ1) is 17.4. The number of carbonyl (C=O) groups is 2. The molecule has 8 heteroatoms. The Morgan fingerprint density at radius 1 is 1.26 bits per heavy atom. The van der Waals surface area contributed by atoms with Crippen LogP contribution in [0.1, 0.15) is 23.2 Å². The average molecular weight is 339 g/mol. The van der Waals surface area contributed by atoms with Gasteiger partial charge >= 0.3 is 0 Å². The summed E-state index contributed by atoms with van der Waals surface area (Å²) < 4.78 is 25.4. The minimum Gasteiger partial charge on any atom is -0.356 e. The van der Waals surface area contributed by atoms with Crippen LogP contribution in [0.3, 0.4) is 0 Å². The third-order valence-electron chi connectivity index (χ3n) is 3.56. The molecule has 0 saturated carbocycles. The number of nitrogens with one attached hydrogen (secondary N) is 1. The highest BCUT2D eigenvalue weighted by Gasteiger charge is 2.40. The third kappa shape index (κ3) is 3.89. The molecule has 0 fully saturated rings. The minimum absolute atomic E-state index is 0.0105. The molecule has 0 saturated heterocycles. The van der Waals surface area contributed by atoms with E-state index >= 15 is 0 Å². The molecule has 2 amide bonds. The smallest absolute Gasteiger partial charge is 0.269 e. The zero-order valence-electron chi connectivity index (χ0n) is 13.3. The molecule has 0 aliphatic carbocycles. The van der Waals surface area contributed by atoms with Gasteiger partial charge in [0.2, 0.25) is 5.91 Å². The molecule has 0 spiro atoms. The Labute approximate surface area is 136 Å². The maximum Gasteiger partial charge on any atom is 0.269 e. The van der Waals surface area contributed by atoms with E-state index in [1.54, 1.807) is 12.1 Å². The fraction of sp³-hybridized carbons (Fsp3) is 0.467. The van der Waals surface area contributed by atoms with E-state index in [2.05, 4.69) is 5.32 Å². The summed E-state index contributed by atoms with van der Waals surface area (Å²) >= 11 is 0. The van der Waals surface area contributed by atoms with Crippen molar-refractivity contribution in [2.45, 2.75) is 17.7 Å². The van der Waals surface area contributed by atoms with Crippen molar-refractivity contribution in [3.8, 4) is 0 Å². The van der Waals surface area contributed by atoms with E-state index in [0.717, 1.165) is 17.3 Å². The number of benzene rings is 1. The first-order valence-corrected chi connectivity index (χ1v) is 8.85. The van der Waals surface area contributed by atoms with Crippen molar-refractivity contribution in [3.63, 3.8) is 0 Å². The molecular formula is C15H21N3O4S. The molecule has 0 radical (unpaired) electrons. The number of fused-ring (bicyclic) bond motifs is 1. The molecule has 0 bridgehead atoms. The van der Waals surface area contributed by atoms with Crippen molar-refractivity contribution in [1.29, 1.82) is 0 Å². The lowest BCUT2D eigenvalue weighted by Gasteiger charge is -2.15. The lowest BCUT2D eigenvalue weighted by molar-refractivity contribution is -0.121. The van der Waals surface area contributed by atoms with E-state index in [1.807, 2.05) is 19.0 Å². The second-order valence-corrected chi connectivity index (χ2v) is 7.47. The van der Waals surface area contributed by atoms with E-state index in [1.165, 1.54) is 12.1 Å². The van der Waals surface area contributed by atoms with Crippen LogP contribution in [0.2, 0.25) is 0 Å². The normalized spacial score (nSPS) is 15.8. The second kappa shape index (κ2) is 7.10. The molecular weight excluding hydrogens is 318 g/mol. The van der Waals surface area contributed by atoms with E-state index in [0.29, 0.717) is 6.54 Å². The van der Waals surface area contributed by atoms with Crippen molar-refractivity contribution in [1.82, 2.24) is 14.5 Å². The summed E-state index contributed by atoms with van der Waals surface area (Å²) in [5.41, 5.74) is 0.166. The third-order valence-corrected chi connectivity index (χ3v) is 5.40. The Bertz CT molecular complexity index is 700. The summed E-state index contributed by atoms with van der Waals surface area (Å²) in [6, 6.07) is 6.08. The Hall–Kier alpha value is -1.93. The van der Waals surface area contributed by atoms with E-state index < -0.39 is 15.9 Å². The van der Waals surface area contributed by atoms with Gasteiger partial charge in [-0.2, -0.15) is 0 Å². The maximum atomic E-state index is 12.3. The zero-order chi connectivity index (χ0) is 17.0. The Kier molecular flexibility index (Phi) is 5.38. The number of sulfonamides is 1. The largest absolute Gasteiger partial charge is 0.356 e. The van der Waals surface area contributed by atoms with Gasteiger partial charge in [0.15, 0.2) is 0 Å². The lowest BCUT2D eigenvalue weighted by atomic mass is 10.2. The highest BCUT2D eigenvalue weighted by atomic mass is 32.2. The highest BCUT2D eigenvalue weighted by molar-refractivity contribution is 7.90. The van der Waals surface area contributed by atoms with Gasteiger partial charge in [-0.3, -0.25) is 9.59 Å². The second-order valence-electron chi connectivity index (χ2n) is 5.64. The van der Waals surface area contributed by atoms with Crippen molar-refractivity contribution < 1.29 is 18.0 Å². The quantitative estimate of drug-likeness (QED) is 0.722. The SMILES string of the molecule is CN(C)CCCNC(=O)CCN1C(=O)c2ccccc2S1(=O)=O. The summed E-state index contributed by atoms with van der Waals surface area (Å²) in [5, 5.41) is 2.73. The van der Waals surface area contributed by atoms with Crippen LogP contribution in [0.5, 0.6) is 0 Å². The predicted molar refractivity (Wildman–Crippen MR) is 85.5 cm³/mol. The van der Waals surface area contributed by atoms with Crippen LogP contribution in [0.15, 0.2) is 29.2 Å². The van der Waals surface area contributed by atoms with Gasteiger partial charge in [0.05, 0.1) is 5.56 Å². The van der Waals surface area contributed by atoms with Gasteiger partial charge in [-0.1, -0.05) is 12.1 Å². The average Bonchev–Trinajstić information content (AvgIpc) is 2.69. The number of hydrogen-bond donors (Lipinski definition) is 1. The predicted octanol–water partition coefficient (Wildman–Crippen LogP) is 0.289. The summed E-state index contributed by atoms with van der Waals surface area (Å²) in [6.45, 7) is 1.24. The van der Waals surface area contributed by atoms with Crippen molar-refractivity contribution in [3.05, 3.63) is 29.8 Å². The monoisotopic (exact) mass is 339 g/mol. The molecule has 1 aromatic rings. The number of rotatable bonds is 7. The highest BCUT2D eigenvalue weighted by Crippen LogP contribution is 2.29. The van der Waals surface area contributed by atoms with Crippen LogP contribution in [0, 0.1) is 0 Å². The summed E-state index contributed by atoms with van der Waals surface area (Å²) in [4.78, 5) is 26.0. The van der Waals surface area contributed by atoms with Gasteiger partial charge in [0.25, 0.3) is 15.9 Å². The molecule has 0 unspecified atom stereocenters. The molecule has 1 aliphatic rings. The number of nitrogens with zero attached hydrogens (tertiary/aromatic N) is 2. The molecule has 23 heavy (non-hydrogen) atoms. The van der Waals surface area contributed by atoms with Crippen LogP contribution in [0.4, 0.5) is 0 Å². The fourth-order valence-electron chi connectivity index (χ4n) is 2.37. The molecule has 7 nitrogen and oxygen atoms in total. The van der Waals surface area contributed by atoms with Crippen LogP contribution in [0.25, 0.3) is 0 Å². The van der Waals surface area contributed by atoms with Crippen LogP contribution in [-0.4, -0.2) is 63.2 Å². The van der Waals surface area contributed by atoms with Crippen LogP contribution < -0.4 is 5.32 Å². The topological polar surface area (TPSA) is 86.8 Å². The molecule has 126 valence electrons. The van der Waals surface area contributed by atoms with Crippen molar-refractivity contribution in [2.75, 3.05) is 33.7 Å². The van der Waals surface area contributed by atoms with E-state index in [-0.39, 0.29) is 29.3 Å². The number of amides is 2. The first-order chi connectivity index (χ1) is 10.8. The number of hydrogen-bond acceptors (Lipinski definition) is 5. The van der Waals surface area contributed by atoms with E-state index in [4.69, 9.17) is 0 Å². The lowest BCUT2D eigenvalue weighted by Crippen LogP contribution is -2.35. The fourth-order valence-corrected chi connectivity index (χ4v) is 3.94. The van der Waals surface area contributed by atoms with Crippen LogP contribution in [-0.2, 0) is 14.8 Å². The zero-order valence-corrected chi connectivity index (χ0v) is 14.1. The van der Waals surface area contributed by atoms with Crippen molar-refractivity contribution >= 4 is 21.8 Å². The Morgan fingerprint density at radius 3 is 2.61 bits per heavy atom. The standard InChI is InChI=1S/C15H21N3O4S/c1-17(2)10-5-9-16-14(19)8-11-18-15(20)12-6-3-4-7-13(12)23(18,21)22/h3-4,6-7H,5,8-11H2,1-2H3,(H,16,19). The summed E-state index contributed by atoms with van der Waals surface area (Å²) in [7, 11) is 0.0650. The molecule has 0 atom stereocenters. The van der Waals surface area contributed by atoms with Gasteiger partial charge in [0, 0.05) is 19.5 Å². The van der Waals surface area contributed by atoms with Gasteiger partial charge in [-0.05, 0) is 39.2 Å². The Morgan fingerprint density at radius 2 is 1.96 bits per heavy atom. The maximum absolute atomic E-state index is 12.3. The van der Waals surface area contributed by atoms with Gasteiger partial charge < -0.3 is 10.2 Å². The molecule has 0 aromatic heterocycles. The van der Waals surface area contributed by atoms with Crippen molar-refractivity contribution in [2.24, 2.45) is 0 Å². The molecule has 2 rings (SSSR count). The Balaban J connectivity index is 1.90. The minimum atomic E-state index is -3.83. The molecule has 1 aromatic carbocycles. The first-order valence-electron chi connectivity index (χ1n) is 7.41. The van der Waals surface area contributed by atoms with Gasteiger partial charge in [-0.15, -0.1) is 0 Å². The number of carbonyl (C=O) groups excluding carboxylic acids is 2. The molecule has 1 N–H and O–H groups in total. The van der Waals surface area contributed by atoms with E-state index in [9.17, 15) is 18.0 Å². The van der Waals surface area contributed by atoms with Gasteiger partial charge in [-0.25, -0.2) is 12.7 Å². The summed E-state index contributed by atoms with van der Waals surface area (Å²) in [5.74, 6) is -0.830. The van der Waals surface area contributed by atoms with Crippen LogP contribution >= 0.6 is 0 Å².